The SMILES string of the molecule is C[C@H](N)C(=O)N1CCCC(C(=O)c2ccc(F)cc2)C1. The maximum absolute atomic E-state index is 12.9. The fourth-order valence-electron chi connectivity index (χ4n) is 2.53. The molecule has 1 amide bonds. The van der Waals surface area contributed by atoms with Gasteiger partial charge in [-0.3, -0.25) is 9.59 Å². The molecule has 1 saturated heterocycles. The second-order valence-electron chi connectivity index (χ2n) is 5.28. The molecule has 2 N–H and O–H groups in total. The van der Waals surface area contributed by atoms with Crippen molar-refractivity contribution in [3.63, 3.8) is 0 Å². The topological polar surface area (TPSA) is 63.4 Å². The molecule has 4 nitrogen and oxygen atoms in total. The van der Waals surface area contributed by atoms with E-state index in [1.165, 1.54) is 24.3 Å². The Kier molecular flexibility index (Phi) is 4.49. The van der Waals surface area contributed by atoms with Gasteiger partial charge in [0.25, 0.3) is 0 Å². The van der Waals surface area contributed by atoms with E-state index in [4.69, 9.17) is 5.73 Å². The number of hydrogen-bond donors (Lipinski definition) is 1. The van der Waals surface area contributed by atoms with Crippen LogP contribution < -0.4 is 5.73 Å². The van der Waals surface area contributed by atoms with Crippen molar-refractivity contribution in [2.45, 2.75) is 25.8 Å². The molecule has 1 fully saturated rings. The summed E-state index contributed by atoms with van der Waals surface area (Å²) in [5.74, 6) is -0.746. The molecule has 0 spiro atoms. The Morgan fingerprint density at radius 2 is 2.00 bits per heavy atom. The molecule has 1 aromatic rings. The van der Waals surface area contributed by atoms with Crippen LogP contribution >= 0.6 is 0 Å². The number of nitrogens with zero attached hydrogens (tertiary/aromatic N) is 1. The number of hydrogen-bond acceptors (Lipinski definition) is 3. The summed E-state index contributed by atoms with van der Waals surface area (Å²) in [6, 6.07) is 4.99. The number of piperidine rings is 1. The molecule has 1 aliphatic rings. The average Bonchev–Trinajstić information content (AvgIpc) is 2.46. The van der Waals surface area contributed by atoms with Crippen molar-refractivity contribution in [1.29, 1.82) is 0 Å². The molecule has 5 heteroatoms. The van der Waals surface area contributed by atoms with Crippen molar-refractivity contribution >= 4 is 11.7 Å². The number of rotatable bonds is 3. The van der Waals surface area contributed by atoms with E-state index in [0.29, 0.717) is 18.7 Å². The average molecular weight is 278 g/mol. The second kappa shape index (κ2) is 6.13. The standard InChI is InChI=1S/C15H19FN2O2/c1-10(17)15(20)18-8-2-3-12(9-18)14(19)11-4-6-13(16)7-5-11/h4-7,10,12H,2-3,8-9,17H2,1H3/t10-,12?/m0/s1. The Labute approximate surface area is 117 Å². The third-order valence-electron chi connectivity index (χ3n) is 3.62. The van der Waals surface area contributed by atoms with Crippen LogP contribution in [0.4, 0.5) is 4.39 Å². The number of amides is 1. The van der Waals surface area contributed by atoms with Crippen LogP contribution in [0.15, 0.2) is 24.3 Å². The predicted molar refractivity (Wildman–Crippen MR) is 73.7 cm³/mol. The molecule has 1 aliphatic heterocycles. The summed E-state index contributed by atoms with van der Waals surface area (Å²) >= 11 is 0. The summed E-state index contributed by atoms with van der Waals surface area (Å²) in [7, 11) is 0. The number of carbonyl (C=O) groups excluding carboxylic acids is 2. The summed E-state index contributed by atoms with van der Waals surface area (Å²) in [6.07, 6.45) is 1.54. The van der Waals surface area contributed by atoms with Gasteiger partial charge >= 0.3 is 0 Å². The predicted octanol–water partition coefficient (Wildman–Crippen LogP) is 1.59. The van der Waals surface area contributed by atoms with Crippen LogP contribution in [0.3, 0.4) is 0 Å². The number of ketones is 1. The van der Waals surface area contributed by atoms with E-state index in [9.17, 15) is 14.0 Å². The lowest BCUT2D eigenvalue weighted by atomic mass is 9.90. The van der Waals surface area contributed by atoms with Gasteiger partial charge in [-0.25, -0.2) is 4.39 Å². The Morgan fingerprint density at radius 1 is 1.35 bits per heavy atom. The van der Waals surface area contributed by atoms with E-state index < -0.39 is 6.04 Å². The first-order chi connectivity index (χ1) is 9.49. The fraction of sp³-hybridized carbons (Fsp3) is 0.467. The van der Waals surface area contributed by atoms with Crippen LogP contribution in [-0.4, -0.2) is 35.7 Å². The van der Waals surface area contributed by atoms with E-state index in [1.54, 1.807) is 11.8 Å². The molecular weight excluding hydrogens is 259 g/mol. The van der Waals surface area contributed by atoms with Crippen molar-refractivity contribution in [2.24, 2.45) is 11.7 Å². The first-order valence-corrected chi connectivity index (χ1v) is 6.83. The fourth-order valence-corrected chi connectivity index (χ4v) is 2.53. The van der Waals surface area contributed by atoms with Gasteiger partial charge in [0.2, 0.25) is 5.91 Å². The maximum Gasteiger partial charge on any atom is 0.239 e. The molecule has 0 bridgehead atoms. The van der Waals surface area contributed by atoms with Crippen LogP contribution in [0.5, 0.6) is 0 Å². The van der Waals surface area contributed by atoms with Crippen molar-refractivity contribution in [1.82, 2.24) is 4.90 Å². The zero-order valence-electron chi connectivity index (χ0n) is 11.5. The molecule has 1 unspecified atom stereocenters. The van der Waals surface area contributed by atoms with Crippen LogP contribution in [0.25, 0.3) is 0 Å². The number of halogens is 1. The van der Waals surface area contributed by atoms with E-state index in [2.05, 4.69) is 0 Å². The highest BCUT2D eigenvalue weighted by Gasteiger charge is 2.29. The number of carbonyl (C=O) groups is 2. The van der Waals surface area contributed by atoms with Crippen LogP contribution in [-0.2, 0) is 4.79 Å². The Morgan fingerprint density at radius 3 is 2.60 bits per heavy atom. The number of nitrogens with two attached hydrogens (primary N) is 1. The monoisotopic (exact) mass is 278 g/mol. The van der Waals surface area contributed by atoms with E-state index in [1.807, 2.05) is 0 Å². The second-order valence-corrected chi connectivity index (χ2v) is 5.28. The van der Waals surface area contributed by atoms with Gasteiger partial charge in [-0.05, 0) is 44.0 Å². The molecule has 0 radical (unpaired) electrons. The van der Waals surface area contributed by atoms with Gasteiger partial charge in [-0.1, -0.05) is 0 Å². The summed E-state index contributed by atoms with van der Waals surface area (Å²) in [5.41, 5.74) is 6.09. The maximum atomic E-state index is 12.9. The molecule has 20 heavy (non-hydrogen) atoms. The minimum absolute atomic E-state index is 0.0350. The van der Waals surface area contributed by atoms with Gasteiger partial charge in [-0.15, -0.1) is 0 Å². The number of Topliss-reactive ketones (excluding diaryl/α,β-unsaturated/α-hetero) is 1. The molecule has 1 aromatic carbocycles. The molecule has 108 valence electrons. The van der Waals surface area contributed by atoms with E-state index >= 15 is 0 Å². The molecule has 2 atom stereocenters. The molecular formula is C15H19FN2O2. The van der Waals surface area contributed by atoms with Crippen LogP contribution in [0, 0.1) is 11.7 Å². The quantitative estimate of drug-likeness (QED) is 0.854. The molecule has 0 aromatic heterocycles. The Bertz CT molecular complexity index is 499. The van der Waals surface area contributed by atoms with Gasteiger partial charge < -0.3 is 10.6 Å². The molecule has 2 rings (SSSR count). The van der Waals surface area contributed by atoms with E-state index in [-0.39, 0.29) is 23.4 Å². The lowest BCUT2D eigenvalue weighted by Crippen LogP contribution is -2.48. The number of benzene rings is 1. The largest absolute Gasteiger partial charge is 0.341 e. The summed E-state index contributed by atoms with van der Waals surface area (Å²) in [5, 5.41) is 0. The van der Waals surface area contributed by atoms with Crippen molar-refractivity contribution in [2.75, 3.05) is 13.1 Å². The normalized spacial score (nSPS) is 20.6. The third-order valence-corrected chi connectivity index (χ3v) is 3.62. The third kappa shape index (κ3) is 3.22. The van der Waals surface area contributed by atoms with Crippen molar-refractivity contribution in [3.8, 4) is 0 Å². The van der Waals surface area contributed by atoms with Gasteiger partial charge in [-0.2, -0.15) is 0 Å². The van der Waals surface area contributed by atoms with Gasteiger partial charge in [0.15, 0.2) is 5.78 Å². The number of likely N-dealkylation sites (tertiary alicyclic amines) is 1. The summed E-state index contributed by atoms with van der Waals surface area (Å²) in [6.45, 7) is 2.69. The van der Waals surface area contributed by atoms with Gasteiger partial charge in [0.05, 0.1) is 6.04 Å². The Hall–Kier alpha value is -1.75. The van der Waals surface area contributed by atoms with Crippen LogP contribution in [0.2, 0.25) is 0 Å². The zero-order valence-corrected chi connectivity index (χ0v) is 11.5. The minimum Gasteiger partial charge on any atom is -0.341 e. The molecule has 0 aliphatic carbocycles. The summed E-state index contributed by atoms with van der Waals surface area (Å²) < 4.78 is 12.9. The van der Waals surface area contributed by atoms with Gasteiger partial charge in [0, 0.05) is 24.6 Å². The highest BCUT2D eigenvalue weighted by molar-refractivity contribution is 5.98. The lowest BCUT2D eigenvalue weighted by molar-refractivity contribution is -0.133. The molecule has 1 heterocycles. The smallest absolute Gasteiger partial charge is 0.239 e. The highest BCUT2D eigenvalue weighted by atomic mass is 19.1. The van der Waals surface area contributed by atoms with Gasteiger partial charge in [0.1, 0.15) is 5.82 Å². The summed E-state index contributed by atoms with van der Waals surface area (Å²) in [4.78, 5) is 25.9. The highest BCUT2D eigenvalue weighted by Crippen LogP contribution is 2.21. The minimum atomic E-state index is -0.547. The molecule has 0 saturated carbocycles. The van der Waals surface area contributed by atoms with Crippen LogP contribution in [0.1, 0.15) is 30.1 Å². The van der Waals surface area contributed by atoms with Crippen molar-refractivity contribution in [3.05, 3.63) is 35.6 Å². The first-order valence-electron chi connectivity index (χ1n) is 6.83. The first kappa shape index (κ1) is 14.7. The lowest BCUT2D eigenvalue weighted by Gasteiger charge is -2.33. The zero-order chi connectivity index (χ0) is 14.7. The van der Waals surface area contributed by atoms with E-state index in [0.717, 1.165) is 12.8 Å². The Balaban J connectivity index is 2.07. The van der Waals surface area contributed by atoms with Crippen molar-refractivity contribution < 1.29 is 14.0 Å².